The van der Waals surface area contributed by atoms with Crippen LogP contribution in [-0.2, 0) is 0 Å². The molecule has 0 spiro atoms. The van der Waals surface area contributed by atoms with Gasteiger partial charge in [0.2, 0.25) is 0 Å². The lowest BCUT2D eigenvalue weighted by molar-refractivity contribution is 0.100. The number of carbonyl (C=O) groups excluding carboxylic acids is 1. The first-order chi connectivity index (χ1) is 12.8. The molecule has 6 nitrogen and oxygen atoms in total. The van der Waals surface area contributed by atoms with Crippen LogP contribution < -0.4 is 22.1 Å². The van der Waals surface area contributed by atoms with Crippen LogP contribution >= 0.6 is 0 Å². The average Bonchev–Trinajstić information content (AvgIpc) is 2.58. The van der Waals surface area contributed by atoms with Crippen LogP contribution in [0.25, 0.3) is 0 Å². The number of benzene rings is 1. The van der Waals surface area contributed by atoms with Crippen molar-refractivity contribution in [3.8, 4) is 0 Å². The zero-order valence-corrected chi connectivity index (χ0v) is 14.4. The molecule has 6 N–H and O–H groups in total. The normalized spacial score (nSPS) is 19.6. The summed E-state index contributed by atoms with van der Waals surface area (Å²) in [4.78, 5) is 15.7. The first-order valence-electron chi connectivity index (χ1n) is 8.59. The van der Waals surface area contributed by atoms with Crippen molar-refractivity contribution in [2.24, 2.45) is 11.5 Å². The molecule has 9 heteroatoms. The minimum atomic E-state index is -0.929. The lowest BCUT2D eigenvalue weighted by Crippen LogP contribution is -2.43. The monoisotopic (exact) mass is 379 g/mol. The molecule has 0 saturated heterocycles. The second-order valence-electron chi connectivity index (χ2n) is 6.56. The molecular formula is C18H20F3N5O. The molecule has 27 heavy (non-hydrogen) atoms. The molecule has 1 aromatic heterocycles. The maximum Gasteiger partial charge on any atom is 0.252 e. The Labute approximate surface area is 154 Å². The maximum absolute atomic E-state index is 14.4. The van der Waals surface area contributed by atoms with Crippen LogP contribution in [-0.4, -0.2) is 23.0 Å². The third-order valence-corrected chi connectivity index (χ3v) is 4.51. The van der Waals surface area contributed by atoms with E-state index in [4.69, 9.17) is 11.5 Å². The average molecular weight is 379 g/mol. The van der Waals surface area contributed by atoms with E-state index < -0.39 is 23.4 Å². The number of nitrogens with zero attached hydrogens (tertiary/aromatic N) is 1. The summed E-state index contributed by atoms with van der Waals surface area (Å²) >= 11 is 0. The Morgan fingerprint density at radius 1 is 1.04 bits per heavy atom. The predicted molar refractivity (Wildman–Crippen MR) is 96.2 cm³/mol. The van der Waals surface area contributed by atoms with Gasteiger partial charge in [-0.05, 0) is 31.0 Å². The largest absolute Gasteiger partial charge is 0.365 e. The van der Waals surface area contributed by atoms with E-state index in [1.807, 2.05) is 0 Å². The third kappa shape index (κ3) is 4.48. The Hall–Kier alpha value is -2.81. The first kappa shape index (κ1) is 19.0. The van der Waals surface area contributed by atoms with E-state index in [0.29, 0.717) is 6.07 Å². The topological polar surface area (TPSA) is 106 Å². The quantitative estimate of drug-likeness (QED) is 0.639. The van der Waals surface area contributed by atoms with Crippen LogP contribution in [0.1, 0.15) is 36.0 Å². The highest BCUT2D eigenvalue weighted by molar-refractivity contribution is 5.98. The molecule has 1 aliphatic rings. The number of nitrogens with two attached hydrogens (primary N) is 2. The predicted octanol–water partition coefficient (Wildman–Crippen LogP) is 3.02. The van der Waals surface area contributed by atoms with E-state index in [1.54, 1.807) is 0 Å². The number of primary amides is 1. The van der Waals surface area contributed by atoms with Gasteiger partial charge >= 0.3 is 0 Å². The summed E-state index contributed by atoms with van der Waals surface area (Å²) in [6.45, 7) is 0. The lowest BCUT2D eigenvalue weighted by Gasteiger charge is -2.30. The Balaban J connectivity index is 1.94. The van der Waals surface area contributed by atoms with Gasteiger partial charge in [0.25, 0.3) is 5.91 Å². The summed E-state index contributed by atoms with van der Waals surface area (Å²) in [5.74, 6) is -3.54. The van der Waals surface area contributed by atoms with Crippen molar-refractivity contribution in [3.63, 3.8) is 0 Å². The van der Waals surface area contributed by atoms with Gasteiger partial charge in [0, 0.05) is 23.8 Å². The summed E-state index contributed by atoms with van der Waals surface area (Å²) in [6.07, 6.45) is 3.54. The van der Waals surface area contributed by atoms with Crippen molar-refractivity contribution in [1.29, 1.82) is 0 Å². The van der Waals surface area contributed by atoms with E-state index >= 15 is 0 Å². The Bertz CT molecular complexity index is 841. The smallest absolute Gasteiger partial charge is 0.252 e. The molecule has 0 radical (unpaired) electrons. The highest BCUT2D eigenvalue weighted by atomic mass is 19.1. The van der Waals surface area contributed by atoms with Crippen molar-refractivity contribution in [3.05, 3.63) is 47.3 Å². The maximum atomic E-state index is 14.4. The molecule has 1 fully saturated rings. The number of anilines is 3. The Morgan fingerprint density at radius 2 is 1.70 bits per heavy atom. The van der Waals surface area contributed by atoms with Crippen LogP contribution in [0.5, 0.6) is 0 Å². The van der Waals surface area contributed by atoms with Crippen molar-refractivity contribution < 1.29 is 18.0 Å². The molecular weight excluding hydrogens is 359 g/mol. The van der Waals surface area contributed by atoms with Crippen LogP contribution in [0.4, 0.5) is 30.5 Å². The Kier molecular flexibility index (Phi) is 5.50. The molecule has 1 aliphatic carbocycles. The van der Waals surface area contributed by atoms with Crippen LogP contribution in [0.15, 0.2) is 24.3 Å². The zero-order chi connectivity index (χ0) is 19.6. The number of aromatic nitrogens is 1. The van der Waals surface area contributed by atoms with Crippen LogP contribution in [0, 0.1) is 17.5 Å². The number of hydrogen-bond donors (Lipinski definition) is 4. The fourth-order valence-electron chi connectivity index (χ4n) is 3.15. The van der Waals surface area contributed by atoms with Crippen LogP contribution in [0.3, 0.4) is 0 Å². The molecule has 1 amide bonds. The van der Waals surface area contributed by atoms with Gasteiger partial charge in [0.05, 0.1) is 5.56 Å². The number of rotatable bonds is 5. The summed E-state index contributed by atoms with van der Waals surface area (Å²) in [5.41, 5.74) is 11.1. The van der Waals surface area contributed by atoms with Gasteiger partial charge in [-0.1, -0.05) is 12.8 Å². The first-order valence-corrected chi connectivity index (χ1v) is 8.59. The van der Waals surface area contributed by atoms with E-state index in [9.17, 15) is 18.0 Å². The highest BCUT2D eigenvalue weighted by Crippen LogP contribution is 2.27. The second kappa shape index (κ2) is 7.83. The number of pyridine rings is 1. The number of carbonyl (C=O) groups is 1. The molecule has 2 unspecified atom stereocenters. The van der Waals surface area contributed by atoms with Crippen molar-refractivity contribution in [2.75, 3.05) is 10.6 Å². The van der Waals surface area contributed by atoms with Gasteiger partial charge in [0.1, 0.15) is 17.5 Å². The van der Waals surface area contributed by atoms with Gasteiger partial charge < -0.3 is 22.1 Å². The highest BCUT2D eigenvalue weighted by Gasteiger charge is 2.24. The van der Waals surface area contributed by atoms with Gasteiger partial charge in [-0.3, -0.25) is 4.79 Å². The number of amides is 1. The van der Waals surface area contributed by atoms with Gasteiger partial charge in [-0.25, -0.2) is 18.2 Å². The Morgan fingerprint density at radius 3 is 2.33 bits per heavy atom. The molecule has 0 bridgehead atoms. The van der Waals surface area contributed by atoms with Crippen molar-refractivity contribution >= 4 is 23.2 Å². The summed E-state index contributed by atoms with van der Waals surface area (Å²) in [6, 6.07) is 3.36. The molecule has 2 atom stereocenters. The fraction of sp³-hybridized carbons (Fsp3) is 0.333. The van der Waals surface area contributed by atoms with E-state index in [0.717, 1.165) is 43.9 Å². The minimum absolute atomic E-state index is 0.00873. The molecule has 0 aliphatic heterocycles. The van der Waals surface area contributed by atoms with E-state index in [1.165, 1.54) is 0 Å². The standard InChI is InChI=1S/C18H20F3N5O/c19-9-5-10(20)7-11(6-9)24-17-12(16(23)27)8-13(21)18(26-17)25-15-4-2-1-3-14(15)22/h5-8,14-15H,1-4,22H2,(H2,23,27)(H2,24,25,26). The summed E-state index contributed by atoms with van der Waals surface area (Å²) in [7, 11) is 0. The second-order valence-corrected chi connectivity index (χ2v) is 6.56. The third-order valence-electron chi connectivity index (χ3n) is 4.51. The van der Waals surface area contributed by atoms with E-state index in [-0.39, 0.29) is 35.0 Å². The number of hydrogen-bond acceptors (Lipinski definition) is 5. The zero-order valence-electron chi connectivity index (χ0n) is 14.4. The summed E-state index contributed by atoms with van der Waals surface area (Å²) in [5, 5.41) is 5.58. The van der Waals surface area contributed by atoms with Crippen molar-refractivity contribution in [2.45, 2.75) is 37.8 Å². The van der Waals surface area contributed by atoms with Crippen LogP contribution in [0.2, 0.25) is 0 Å². The molecule has 1 saturated carbocycles. The SMILES string of the molecule is NC(=O)c1cc(F)c(NC2CCCCC2N)nc1Nc1cc(F)cc(F)c1. The fourth-order valence-corrected chi connectivity index (χ4v) is 3.15. The minimum Gasteiger partial charge on any atom is -0.365 e. The summed E-state index contributed by atoms with van der Waals surface area (Å²) < 4.78 is 41.2. The molecule has 2 aromatic rings. The molecule has 1 aromatic carbocycles. The van der Waals surface area contributed by atoms with Crippen molar-refractivity contribution in [1.82, 2.24) is 4.98 Å². The molecule has 3 rings (SSSR count). The van der Waals surface area contributed by atoms with Gasteiger partial charge in [-0.2, -0.15) is 0 Å². The lowest BCUT2D eigenvalue weighted by atomic mass is 9.91. The number of nitrogens with one attached hydrogen (secondary N) is 2. The number of halogens is 3. The van der Waals surface area contributed by atoms with Gasteiger partial charge in [-0.15, -0.1) is 0 Å². The molecule has 1 heterocycles. The van der Waals surface area contributed by atoms with E-state index in [2.05, 4.69) is 15.6 Å². The van der Waals surface area contributed by atoms with Gasteiger partial charge in [0.15, 0.2) is 11.6 Å². The molecule has 144 valence electrons.